The van der Waals surface area contributed by atoms with Crippen LogP contribution in [-0.4, -0.2) is 35.1 Å². The predicted octanol–water partition coefficient (Wildman–Crippen LogP) is 11.3. The molecule has 6 nitrogen and oxygen atoms in total. The quantitative estimate of drug-likeness (QED) is 0.130. The Kier molecular flexibility index (Phi) is 12.0. The van der Waals surface area contributed by atoms with Crippen LogP contribution in [0.15, 0.2) is 170 Å². The molecular weight excluding hydrogens is 693 g/mol. The molecule has 0 radical (unpaired) electrons. The normalized spacial score (nSPS) is 10.8. The van der Waals surface area contributed by atoms with Gasteiger partial charge in [-0.1, -0.05) is 170 Å². The molecule has 56 heavy (non-hydrogen) atoms. The summed E-state index contributed by atoms with van der Waals surface area (Å²) in [7, 11) is 0. The third-order valence-electron chi connectivity index (χ3n) is 9.48. The van der Waals surface area contributed by atoms with E-state index in [4.69, 9.17) is 19.4 Å². The van der Waals surface area contributed by atoms with Crippen LogP contribution in [0, 0.1) is 0 Å². The standard InChI is InChI=1S/2C25H21NO2/c2*1-2-28-23(27)17-22-20-15-9-10-16-21(20)24(18-11-5-3-6-12-18)26-25(22)19-13-7-4-8-14-19/h2*3-16H,2,17H2,1H3. The molecule has 0 aliphatic rings. The molecule has 2 heterocycles. The van der Waals surface area contributed by atoms with Crippen LogP contribution in [-0.2, 0) is 31.9 Å². The average molecular weight is 735 g/mol. The van der Waals surface area contributed by atoms with E-state index >= 15 is 0 Å². The van der Waals surface area contributed by atoms with Gasteiger partial charge >= 0.3 is 11.9 Å². The van der Waals surface area contributed by atoms with Crippen LogP contribution < -0.4 is 0 Å². The zero-order valence-electron chi connectivity index (χ0n) is 31.5. The monoisotopic (exact) mass is 734 g/mol. The maximum absolute atomic E-state index is 12.3. The van der Waals surface area contributed by atoms with Crippen LogP contribution in [0.3, 0.4) is 0 Å². The third kappa shape index (κ3) is 8.40. The summed E-state index contributed by atoms with van der Waals surface area (Å²) in [6.45, 7) is 4.38. The van der Waals surface area contributed by atoms with Crippen LogP contribution >= 0.6 is 0 Å². The first-order valence-electron chi connectivity index (χ1n) is 18.9. The molecular formula is C50H42N2O4. The summed E-state index contributed by atoms with van der Waals surface area (Å²) in [5.74, 6) is -0.474. The first-order valence-corrected chi connectivity index (χ1v) is 18.9. The van der Waals surface area contributed by atoms with Gasteiger partial charge in [0.05, 0.1) is 48.8 Å². The number of hydrogen-bond acceptors (Lipinski definition) is 6. The van der Waals surface area contributed by atoms with Gasteiger partial charge in [0.25, 0.3) is 0 Å². The Bertz CT molecular complexity index is 2390. The Morgan fingerprint density at radius 3 is 0.946 bits per heavy atom. The Hall–Kier alpha value is -6.92. The molecule has 0 aliphatic heterocycles. The summed E-state index contributed by atoms with van der Waals surface area (Å²) in [6, 6.07) is 56.6. The second-order valence-corrected chi connectivity index (χ2v) is 13.1. The smallest absolute Gasteiger partial charge is 0.310 e. The van der Waals surface area contributed by atoms with Crippen molar-refractivity contribution in [3.63, 3.8) is 0 Å². The van der Waals surface area contributed by atoms with Crippen molar-refractivity contribution in [1.82, 2.24) is 9.97 Å². The van der Waals surface area contributed by atoms with Crippen molar-refractivity contribution in [3.05, 3.63) is 181 Å². The number of hydrogen-bond donors (Lipinski definition) is 0. The van der Waals surface area contributed by atoms with Gasteiger partial charge in [-0.05, 0) is 35.7 Å². The lowest BCUT2D eigenvalue weighted by molar-refractivity contribution is -0.143. The van der Waals surface area contributed by atoms with Gasteiger partial charge in [-0.2, -0.15) is 0 Å². The lowest BCUT2D eigenvalue weighted by Crippen LogP contribution is -2.10. The third-order valence-corrected chi connectivity index (χ3v) is 9.48. The lowest BCUT2D eigenvalue weighted by atomic mass is 9.94. The number of esters is 2. The van der Waals surface area contributed by atoms with E-state index in [1.54, 1.807) is 0 Å². The molecule has 0 spiro atoms. The summed E-state index contributed by atoms with van der Waals surface area (Å²) in [5, 5.41) is 4.13. The summed E-state index contributed by atoms with van der Waals surface area (Å²) in [4.78, 5) is 34.8. The van der Waals surface area contributed by atoms with Gasteiger partial charge in [-0.15, -0.1) is 0 Å². The van der Waals surface area contributed by atoms with Crippen molar-refractivity contribution in [3.8, 4) is 45.0 Å². The molecule has 8 rings (SSSR count). The Labute approximate surface area is 327 Å². The number of fused-ring (bicyclic) bond motifs is 2. The topological polar surface area (TPSA) is 78.4 Å². The second-order valence-electron chi connectivity index (χ2n) is 13.1. The fraction of sp³-hybridized carbons (Fsp3) is 0.120. The van der Waals surface area contributed by atoms with E-state index in [-0.39, 0.29) is 24.8 Å². The molecule has 0 saturated carbocycles. The molecule has 0 bridgehead atoms. The molecule has 0 saturated heterocycles. The number of aromatic nitrogens is 2. The van der Waals surface area contributed by atoms with Crippen LogP contribution in [0.4, 0.5) is 0 Å². The molecule has 2 aromatic heterocycles. The van der Waals surface area contributed by atoms with Gasteiger partial charge < -0.3 is 9.47 Å². The van der Waals surface area contributed by atoms with Gasteiger partial charge in [0.2, 0.25) is 0 Å². The molecule has 8 aromatic rings. The van der Waals surface area contributed by atoms with Gasteiger partial charge in [0.15, 0.2) is 0 Å². The predicted molar refractivity (Wildman–Crippen MR) is 226 cm³/mol. The van der Waals surface area contributed by atoms with Crippen LogP contribution in [0.5, 0.6) is 0 Å². The zero-order valence-corrected chi connectivity index (χ0v) is 31.5. The number of carbonyl (C=O) groups is 2. The van der Waals surface area contributed by atoms with Gasteiger partial charge in [-0.25, -0.2) is 9.97 Å². The number of rotatable bonds is 10. The highest BCUT2D eigenvalue weighted by molar-refractivity contribution is 6.02. The van der Waals surface area contributed by atoms with Crippen LogP contribution in [0.25, 0.3) is 66.6 Å². The van der Waals surface area contributed by atoms with E-state index in [0.717, 1.165) is 77.7 Å². The Morgan fingerprint density at radius 1 is 0.375 bits per heavy atom. The average Bonchev–Trinajstić information content (AvgIpc) is 3.25. The largest absolute Gasteiger partial charge is 0.466 e. The molecule has 6 heteroatoms. The molecule has 276 valence electrons. The van der Waals surface area contributed by atoms with E-state index in [0.29, 0.717) is 13.2 Å². The van der Waals surface area contributed by atoms with E-state index in [9.17, 15) is 9.59 Å². The van der Waals surface area contributed by atoms with Crippen LogP contribution in [0.2, 0.25) is 0 Å². The SMILES string of the molecule is CCOC(=O)Cc1c(-c2ccccc2)nc(-c2ccccc2)c2ccccc12.CCOC(=O)Cc1c(-c2ccccc2)nc(-c2ccccc2)c2ccccc12. The lowest BCUT2D eigenvalue weighted by Gasteiger charge is -2.16. The number of nitrogens with zero attached hydrogens (tertiary/aromatic N) is 2. The summed E-state index contributed by atoms with van der Waals surface area (Å²) in [5.41, 5.74) is 9.38. The molecule has 0 unspecified atom stereocenters. The molecule has 6 aromatic carbocycles. The molecule has 0 fully saturated rings. The first kappa shape index (κ1) is 37.4. The van der Waals surface area contributed by atoms with Crippen molar-refractivity contribution in [2.45, 2.75) is 26.7 Å². The minimum atomic E-state index is -0.237. The summed E-state index contributed by atoms with van der Waals surface area (Å²) < 4.78 is 10.5. The number of ether oxygens (including phenoxy) is 2. The maximum Gasteiger partial charge on any atom is 0.310 e. The van der Waals surface area contributed by atoms with Gasteiger partial charge in [0.1, 0.15) is 0 Å². The van der Waals surface area contributed by atoms with Crippen molar-refractivity contribution in [2.24, 2.45) is 0 Å². The fourth-order valence-electron chi connectivity index (χ4n) is 7.01. The number of benzene rings is 6. The van der Waals surface area contributed by atoms with Gasteiger partial charge in [-0.3, -0.25) is 9.59 Å². The highest BCUT2D eigenvalue weighted by atomic mass is 16.5. The van der Waals surface area contributed by atoms with Crippen molar-refractivity contribution in [2.75, 3.05) is 13.2 Å². The van der Waals surface area contributed by atoms with Crippen molar-refractivity contribution >= 4 is 33.5 Å². The van der Waals surface area contributed by atoms with Crippen molar-refractivity contribution < 1.29 is 19.1 Å². The first-order chi connectivity index (χ1) is 27.6. The van der Waals surface area contributed by atoms with E-state index in [1.165, 1.54) is 0 Å². The second kappa shape index (κ2) is 17.9. The Balaban J connectivity index is 0.000000172. The highest BCUT2D eigenvalue weighted by Crippen LogP contribution is 2.37. The zero-order chi connectivity index (χ0) is 38.7. The number of pyridine rings is 2. The summed E-state index contributed by atoms with van der Waals surface area (Å²) >= 11 is 0. The summed E-state index contributed by atoms with van der Waals surface area (Å²) in [6.07, 6.45) is 0.390. The van der Waals surface area contributed by atoms with Crippen LogP contribution in [0.1, 0.15) is 25.0 Å². The number of carbonyl (C=O) groups excluding carboxylic acids is 2. The van der Waals surface area contributed by atoms with Crippen molar-refractivity contribution in [1.29, 1.82) is 0 Å². The molecule has 0 aliphatic carbocycles. The maximum atomic E-state index is 12.3. The van der Waals surface area contributed by atoms with E-state index < -0.39 is 0 Å². The highest BCUT2D eigenvalue weighted by Gasteiger charge is 2.20. The van der Waals surface area contributed by atoms with Gasteiger partial charge in [0, 0.05) is 33.0 Å². The van der Waals surface area contributed by atoms with E-state index in [1.807, 2.05) is 135 Å². The fourth-order valence-corrected chi connectivity index (χ4v) is 7.01. The minimum absolute atomic E-state index is 0.195. The molecule has 0 amide bonds. The minimum Gasteiger partial charge on any atom is -0.466 e. The Morgan fingerprint density at radius 2 is 0.643 bits per heavy atom. The molecule has 0 N–H and O–H groups in total. The van der Waals surface area contributed by atoms with E-state index in [2.05, 4.69) is 48.5 Å². The molecule has 0 atom stereocenters.